The highest BCUT2D eigenvalue weighted by molar-refractivity contribution is 6.42. The van der Waals surface area contributed by atoms with Gasteiger partial charge in [0.1, 0.15) is 5.75 Å². The minimum Gasteiger partial charge on any atom is -0.496 e. The second-order valence-electron chi connectivity index (χ2n) is 5.24. The third-order valence-corrected chi connectivity index (χ3v) is 4.36. The van der Waals surface area contributed by atoms with E-state index in [1.165, 1.54) is 0 Å². The van der Waals surface area contributed by atoms with Crippen molar-refractivity contribution in [1.82, 2.24) is 0 Å². The van der Waals surface area contributed by atoms with Crippen molar-refractivity contribution in [2.24, 2.45) is 5.73 Å². The van der Waals surface area contributed by atoms with Crippen LogP contribution in [0.2, 0.25) is 10.0 Å². The summed E-state index contributed by atoms with van der Waals surface area (Å²) in [5.41, 5.74) is 10.8. The molecule has 0 radical (unpaired) electrons. The topological polar surface area (TPSA) is 35.2 Å². The molecule has 0 amide bonds. The van der Waals surface area contributed by atoms with E-state index < -0.39 is 0 Å². The first-order chi connectivity index (χ1) is 9.92. The Balaban J connectivity index is 2.25. The molecular weight excluding hydrogens is 305 g/mol. The van der Waals surface area contributed by atoms with E-state index in [-0.39, 0.29) is 6.04 Å². The predicted molar refractivity (Wildman–Crippen MR) is 89.6 cm³/mol. The molecule has 0 fully saturated rings. The zero-order valence-electron chi connectivity index (χ0n) is 12.4. The van der Waals surface area contributed by atoms with E-state index in [0.717, 1.165) is 28.0 Å². The lowest BCUT2D eigenvalue weighted by Gasteiger charge is -2.17. The largest absolute Gasteiger partial charge is 0.496 e. The fourth-order valence-corrected chi connectivity index (χ4v) is 2.78. The Bertz CT molecular complexity index is 655. The van der Waals surface area contributed by atoms with E-state index in [0.29, 0.717) is 16.5 Å². The van der Waals surface area contributed by atoms with E-state index in [2.05, 4.69) is 6.07 Å². The summed E-state index contributed by atoms with van der Waals surface area (Å²) >= 11 is 12.0. The van der Waals surface area contributed by atoms with Crippen molar-refractivity contribution in [2.45, 2.75) is 26.3 Å². The quantitative estimate of drug-likeness (QED) is 0.871. The van der Waals surface area contributed by atoms with Gasteiger partial charge in [-0.05, 0) is 60.7 Å². The average Bonchev–Trinajstić information content (AvgIpc) is 2.44. The van der Waals surface area contributed by atoms with Crippen molar-refractivity contribution >= 4 is 23.2 Å². The number of rotatable bonds is 4. The van der Waals surface area contributed by atoms with Crippen LogP contribution >= 0.6 is 23.2 Å². The van der Waals surface area contributed by atoms with Crippen LogP contribution in [0, 0.1) is 13.8 Å². The zero-order valence-corrected chi connectivity index (χ0v) is 13.9. The van der Waals surface area contributed by atoms with E-state index in [4.69, 9.17) is 33.7 Å². The van der Waals surface area contributed by atoms with Gasteiger partial charge in [-0.3, -0.25) is 0 Å². The maximum absolute atomic E-state index is 6.36. The lowest BCUT2D eigenvalue weighted by molar-refractivity contribution is 0.411. The van der Waals surface area contributed by atoms with Gasteiger partial charge in [0, 0.05) is 6.04 Å². The summed E-state index contributed by atoms with van der Waals surface area (Å²) in [6, 6.07) is 9.66. The molecule has 21 heavy (non-hydrogen) atoms. The molecule has 0 saturated carbocycles. The number of ether oxygens (including phenoxy) is 1. The van der Waals surface area contributed by atoms with Crippen LogP contribution in [-0.4, -0.2) is 7.11 Å². The molecule has 0 heterocycles. The van der Waals surface area contributed by atoms with Crippen molar-refractivity contribution < 1.29 is 4.74 Å². The van der Waals surface area contributed by atoms with Crippen LogP contribution in [0.5, 0.6) is 5.75 Å². The predicted octanol–water partition coefficient (Wildman–Crippen LogP) is 4.86. The molecule has 112 valence electrons. The molecule has 0 bridgehead atoms. The molecule has 0 aliphatic carbocycles. The normalized spacial score (nSPS) is 12.3. The smallest absolute Gasteiger partial charge is 0.122 e. The van der Waals surface area contributed by atoms with Gasteiger partial charge in [0.15, 0.2) is 0 Å². The molecule has 2 nitrogen and oxygen atoms in total. The van der Waals surface area contributed by atoms with Crippen LogP contribution in [0.3, 0.4) is 0 Å². The lowest BCUT2D eigenvalue weighted by Crippen LogP contribution is -2.15. The summed E-state index contributed by atoms with van der Waals surface area (Å²) < 4.78 is 5.33. The molecule has 0 aliphatic rings. The Morgan fingerprint density at radius 1 is 1.05 bits per heavy atom. The van der Waals surface area contributed by atoms with Gasteiger partial charge in [0.05, 0.1) is 17.2 Å². The highest BCUT2D eigenvalue weighted by atomic mass is 35.5. The summed E-state index contributed by atoms with van der Waals surface area (Å²) in [6.45, 7) is 4.07. The van der Waals surface area contributed by atoms with Crippen LogP contribution in [0.1, 0.15) is 28.3 Å². The number of methoxy groups -OCH3 is 1. The molecule has 0 spiro atoms. The van der Waals surface area contributed by atoms with E-state index in [9.17, 15) is 0 Å². The van der Waals surface area contributed by atoms with Crippen molar-refractivity contribution in [2.75, 3.05) is 7.11 Å². The minimum absolute atomic E-state index is 0.0909. The average molecular weight is 324 g/mol. The van der Waals surface area contributed by atoms with Crippen LogP contribution < -0.4 is 10.5 Å². The molecule has 2 aromatic carbocycles. The molecule has 1 atom stereocenters. The first-order valence-corrected chi connectivity index (χ1v) is 7.52. The highest BCUT2D eigenvalue weighted by Crippen LogP contribution is 2.29. The third-order valence-electron chi connectivity index (χ3n) is 3.62. The Labute approximate surface area is 135 Å². The van der Waals surface area contributed by atoms with Gasteiger partial charge in [0.25, 0.3) is 0 Å². The van der Waals surface area contributed by atoms with Crippen molar-refractivity contribution in [1.29, 1.82) is 0 Å². The minimum atomic E-state index is -0.0909. The molecule has 2 rings (SSSR count). The fourth-order valence-electron chi connectivity index (χ4n) is 2.46. The number of hydrogen-bond acceptors (Lipinski definition) is 2. The zero-order chi connectivity index (χ0) is 15.6. The van der Waals surface area contributed by atoms with E-state index >= 15 is 0 Å². The van der Waals surface area contributed by atoms with Crippen LogP contribution in [0.25, 0.3) is 0 Å². The Morgan fingerprint density at radius 2 is 1.76 bits per heavy atom. The Kier molecular flexibility index (Phi) is 5.15. The van der Waals surface area contributed by atoms with Gasteiger partial charge in [0.2, 0.25) is 0 Å². The maximum Gasteiger partial charge on any atom is 0.122 e. The highest BCUT2D eigenvalue weighted by Gasteiger charge is 2.13. The molecule has 0 saturated heterocycles. The molecule has 2 N–H and O–H groups in total. The molecule has 2 aromatic rings. The molecule has 4 heteroatoms. The van der Waals surface area contributed by atoms with Gasteiger partial charge in [-0.25, -0.2) is 0 Å². The number of hydrogen-bond donors (Lipinski definition) is 1. The number of halogens is 2. The fraction of sp³-hybridized carbons (Fsp3) is 0.294. The second kappa shape index (κ2) is 6.69. The van der Waals surface area contributed by atoms with Gasteiger partial charge >= 0.3 is 0 Å². The van der Waals surface area contributed by atoms with Crippen LogP contribution in [-0.2, 0) is 6.42 Å². The molecule has 0 aromatic heterocycles. The van der Waals surface area contributed by atoms with Crippen molar-refractivity contribution in [3.05, 3.63) is 62.6 Å². The Morgan fingerprint density at radius 3 is 2.38 bits per heavy atom. The molecular formula is C17H19Cl2NO. The Hall–Kier alpha value is -1.22. The lowest BCUT2D eigenvalue weighted by atomic mass is 9.94. The molecule has 1 unspecified atom stereocenters. The van der Waals surface area contributed by atoms with Crippen LogP contribution in [0.15, 0.2) is 30.3 Å². The monoisotopic (exact) mass is 323 g/mol. The van der Waals surface area contributed by atoms with E-state index in [1.54, 1.807) is 13.2 Å². The van der Waals surface area contributed by atoms with Gasteiger partial charge in [-0.15, -0.1) is 0 Å². The summed E-state index contributed by atoms with van der Waals surface area (Å²) in [7, 11) is 1.68. The number of aryl methyl sites for hydroxylation is 2. The number of benzene rings is 2. The first kappa shape index (κ1) is 16.2. The summed E-state index contributed by atoms with van der Waals surface area (Å²) in [5, 5.41) is 1.12. The van der Waals surface area contributed by atoms with Gasteiger partial charge < -0.3 is 10.5 Å². The van der Waals surface area contributed by atoms with Crippen LogP contribution in [0.4, 0.5) is 0 Å². The molecule has 0 aliphatic heterocycles. The van der Waals surface area contributed by atoms with Crippen molar-refractivity contribution in [3.63, 3.8) is 0 Å². The number of nitrogens with two attached hydrogens (primary N) is 1. The second-order valence-corrected chi connectivity index (χ2v) is 6.05. The standard InChI is InChI=1S/C17H19Cl2NO/c1-10-7-17(21-3)11(2)6-13(10)16(20)9-12-4-5-14(18)15(19)8-12/h4-8,16H,9,20H2,1-3H3. The van der Waals surface area contributed by atoms with E-state index in [1.807, 2.05) is 32.0 Å². The van der Waals surface area contributed by atoms with Gasteiger partial charge in [-0.1, -0.05) is 35.3 Å². The summed E-state index contributed by atoms with van der Waals surface area (Å²) in [4.78, 5) is 0. The maximum atomic E-state index is 6.36. The third kappa shape index (κ3) is 3.70. The summed E-state index contributed by atoms with van der Waals surface area (Å²) in [6.07, 6.45) is 0.712. The summed E-state index contributed by atoms with van der Waals surface area (Å²) in [5.74, 6) is 0.887. The van der Waals surface area contributed by atoms with Gasteiger partial charge in [-0.2, -0.15) is 0 Å². The SMILES string of the molecule is COc1cc(C)c(C(N)Cc2ccc(Cl)c(Cl)c2)cc1C. The first-order valence-electron chi connectivity index (χ1n) is 6.77. The van der Waals surface area contributed by atoms with Crippen molar-refractivity contribution in [3.8, 4) is 5.75 Å².